The van der Waals surface area contributed by atoms with Gasteiger partial charge in [0.25, 0.3) is 0 Å². The minimum absolute atomic E-state index is 0.0174. The molecule has 2 unspecified atom stereocenters. The maximum atomic E-state index is 12.6. The van der Waals surface area contributed by atoms with Gasteiger partial charge < -0.3 is 0 Å². The van der Waals surface area contributed by atoms with Crippen molar-refractivity contribution in [1.82, 2.24) is 0 Å². The first-order valence-corrected chi connectivity index (χ1v) is 6.21. The van der Waals surface area contributed by atoms with Crippen molar-refractivity contribution in [2.24, 2.45) is 16.7 Å². The van der Waals surface area contributed by atoms with E-state index in [1.807, 2.05) is 0 Å². The Bertz CT molecular complexity index is 300. The van der Waals surface area contributed by atoms with Crippen molar-refractivity contribution in [3.8, 4) is 0 Å². The van der Waals surface area contributed by atoms with Gasteiger partial charge in [0.1, 0.15) is 5.78 Å². The van der Waals surface area contributed by atoms with Crippen molar-refractivity contribution in [2.75, 3.05) is 0 Å². The Morgan fingerprint density at radius 3 is 2.67 bits per heavy atom. The van der Waals surface area contributed by atoms with E-state index in [4.69, 9.17) is 0 Å². The van der Waals surface area contributed by atoms with Gasteiger partial charge >= 0.3 is 0 Å². The quantitative estimate of drug-likeness (QED) is 0.552. The van der Waals surface area contributed by atoms with Gasteiger partial charge in [-0.2, -0.15) is 0 Å². The Hall–Kier alpha value is -0.590. The normalized spacial score (nSPS) is 39.7. The van der Waals surface area contributed by atoms with Gasteiger partial charge in [-0.1, -0.05) is 39.3 Å². The van der Waals surface area contributed by atoms with E-state index in [9.17, 15) is 4.79 Å². The van der Waals surface area contributed by atoms with Crippen LogP contribution < -0.4 is 0 Å². The molecule has 0 amide bonds. The number of carbonyl (C=O) groups is 1. The fourth-order valence-electron chi connectivity index (χ4n) is 3.47. The van der Waals surface area contributed by atoms with Crippen LogP contribution >= 0.6 is 0 Å². The molecular weight excluding hydrogens is 184 g/mol. The van der Waals surface area contributed by atoms with E-state index < -0.39 is 0 Å². The van der Waals surface area contributed by atoms with Crippen molar-refractivity contribution in [2.45, 2.75) is 52.9 Å². The lowest BCUT2D eigenvalue weighted by atomic mass is 9.55. The first kappa shape index (κ1) is 10.9. The Labute approximate surface area is 92.9 Å². The molecule has 0 aromatic carbocycles. The van der Waals surface area contributed by atoms with E-state index in [0.717, 1.165) is 25.7 Å². The Morgan fingerprint density at radius 2 is 2.00 bits per heavy atom. The molecule has 2 rings (SSSR count). The van der Waals surface area contributed by atoms with Gasteiger partial charge in [-0.25, -0.2) is 0 Å². The van der Waals surface area contributed by atoms with Gasteiger partial charge in [0, 0.05) is 10.8 Å². The summed E-state index contributed by atoms with van der Waals surface area (Å²) in [5.41, 5.74) is -0.103. The van der Waals surface area contributed by atoms with Crippen LogP contribution in [0.25, 0.3) is 0 Å². The zero-order valence-electron chi connectivity index (χ0n) is 10.2. The molecule has 0 aromatic rings. The monoisotopic (exact) mass is 206 g/mol. The highest BCUT2D eigenvalue weighted by Crippen LogP contribution is 2.51. The van der Waals surface area contributed by atoms with Crippen LogP contribution in [-0.4, -0.2) is 5.78 Å². The standard InChI is InChI=1S/C14H22O/c1-11-7-4-5-9-14(11)10-6-8-13(2,3)12(14)15/h4,7,11H,5-6,8-10H2,1-3H3. The molecule has 1 saturated carbocycles. The molecule has 0 saturated heterocycles. The molecule has 0 N–H and O–H groups in total. The van der Waals surface area contributed by atoms with Gasteiger partial charge in [-0.05, 0) is 31.6 Å². The van der Waals surface area contributed by atoms with Crippen molar-refractivity contribution in [1.29, 1.82) is 0 Å². The minimum atomic E-state index is -0.0856. The lowest BCUT2D eigenvalue weighted by molar-refractivity contribution is -0.145. The molecule has 2 aliphatic rings. The summed E-state index contributed by atoms with van der Waals surface area (Å²) in [6, 6.07) is 0. The lowest BCUT2D eigenvalue weighted by Crippen LogP contribution is -2.48. The molecule has 0 aromatic heterocycles. The number of allylic oxidation sites excluding steroid dienone is 2. The summed E-state index contributed by atoms with van der Waals surface area (Å²) in [6.07, 6.45) is 10.1. The third kappa shape index (κ3) is 1.56. The lowest BCUT2D eigenvalue weighted by Gasteiger charge is -2.47. The van der Waals surface area contributed by atoms with E-state index in [1.54, 1.807) is 0 Å². The van der Waals surface area contributed by atoms with Gasteiger partial charge in [-0.3, -0.25) is 4.79 Å². The SMILES string of the molecule is CC1C=CCCC12CCCC(C)(C)C2=O. The minimum Gasteiger partial charge on any atom is -0.298 e. The van der Waals surface area contributed by atoms with Gasteiger partial charge in [0.05, 0.1) is 0 Å². The number of hydrogen-bond donors (Lipinski definition) is 0. The molecule has 15 heavy (non-hydrogen) atoms. The van der Waals surface area contributed by atoms with Crippen LogP contribution in [0.5, 0.6) is 0 Å². The zero-order valence-corrected chi connectivity index (χ0v) is 10.2. The summed E-state index contributed by atoms with van der Waals surface area (Å²) in [5, 5.41) is 0. The van der Waals surface area contributed by atoms with E-state index >= 15 is 0 Å². The highest BCUT2D eigenvalue weighted by Gasteiger charge is 2.50. The zero-order chi connectivity index (χ0) is 11.1. The average Bonchev–Trinajstić information content (AvgIpc) is 2.18. The Kier molecular flexibility index (Phi) is 2.52. The second-order valence-electron chi connectivity index (χ2n) is 5.98. The van der Waals surface area contributed by atoms with E-state index in [-0.39, 0.29) is 10.8 Å². The largest absolute Gasteiger partial charge is 0.298 e. The highest BCUT2D eigenvalue weighted by molar-refractivity contribution is 5.91. The first-order chi connectivity index (χ1) is 6.99. The molecule has 0 aliphatic heterocycles. The van der Waals surface area contributed by atoms with Crippen LogP contribution in [0, 0.1) is 16.7 Å². The molecule has 0 bridgehead atoms. The molecule has 1 nitrogen and oxygen atoms in total. The Balaban J connectivity index is 2.34. The maximum Gasteiger partial charge on any atom is 0.145 e. The van der Waals surface area contributed by atoms with Gasteiger partial charge in [-0.15, -0.1) is 0 Å². The second-order valence-corrected chi connectivity index (χ2v) is 5.98. The summed E-state index contributed by atoms with van der Waals surface area (Å²) in [6.45, 7) is 6.47. The van der Waals surface area contributed by atoms with Crippen LogP contribution in [0.4, 0.5) is 0 Å². The van der Waals surface area contributed by atoms with E-state index in [1.165, 1.54) is 6.42 Å². The maximum absolute atomic E-state index is 12.6. The number of rotatable bonds is 0. The molecular formula is C14H22O. The van der Waals surface area contributed by atoms with Crippen molar-refractivity contribution >= 4 is 5.78 Å². The Morgan fingerprint density at radius 1 is 1.27 bits per heavy atom. The molecule has 2 atom stereocenters. The van der Waals surface area contributed by atoms with E-state index in [0.29, 0.717) is 11.7 Å². The van der Waals surface area contributed by atoms with Crippen molar-refractivity contribution < 1.29 is 4.79 Å². The molecule has 0 heterocycles. The average molecular weight is 206 g/mol. The van der Waals surface area contributed by atoms with Crippen LogP contribution in [0.2, 0.25) is 0 Å². The van der Waals surface area contributed by atoms with Crippen LogP contribution in [-0.2, 0) is 4.79 Å². The molecule has 1 spiro atoms. The summed E-state index contributed by atoms with van der Waals surface area (Å²) < 4.78 is 0. The summed E-state index contributed by atoms with van der Waals surface area (Å²) in [4.78, 5) is 12.6. The smallest absolute Gasteiger partial charge is 0.145 e. The number of Topliss-reactive ketones (excluding diaryl/α,β-unsaturated/α-hetero) is 1. The number of hydrogen-bond acceptors (Lipinski definition) is 1. The van der Waals surface area contributed by atoms with Crippen LogP contribution in [0.15, 0.2) is 12.2 Å². The summed E-state index contributed by atoms with van der Waals surface area (Å²) in [5.74, 6) is 0.969. The summed E-state index contributed by atoms with van der Waals surface area (Å²) >= 11 is 0. The fraction of sp³-hybridized carbons (Fsp3) is 0.786. The van der Waals surface area contributed by atoms with Crippen LogP contribution in [0.1, 0.15) is 52.9 Å². The predicted octanol–water partition coefficient (Wildman–Crippen LogP) is 3.74. The molecule has 1 fully saturated rings. The number of ketones is 1. The van der Waals surface area contributed by atoms with Crippen LogP contribution in [0.3, 0.4) is 0 Å². The third-order valence-electron chi connectivity index (χ3n) is 4.55. The van der Waals surface area contributed by atoms with Crippen molar-refractivity contribution in [3.05, 3.63) is 12.2 Å². The highest BCUT2D eigenvalue weighted by atomic mass is 16.1. The fourth-order valence-corrected chi connectivity index (χ4v) is 3.47. The van der Waals surface area contributed by atoms with Gasteiger partial charge in [0.2, 0.25) is 0 Å². The molecule has 0 radical (unpaired) electrons. The van der Waals surface area contributed by atoms with Gasteiger partial charge in [0.15, 0.2) is 0 Å². The van der Waals surface area contributed by atoms with E-state index in [2.05, 4.69) is 32.9 Å². The third-order valence-corrected chi connectivity index (χ3v) is 4.55. The topological polar surface area (TPSA) is 17.1 Å². The second kappa shape index (κ2) is 3.47. The molecule has 2 aliphatic carbocycles. The molecule has 84 valence electrons. The summed E-state index contributed by atoms with van der Waals surface area (Å²) in [7, 11) is 0. The van der Waals surface area contributed by atoms with Crippen molar-refractivity contribution in [3.63, 3.8) is 0 Å². The molecule has 1 heteroatoms. The first-order valence-electron chi connectivity index (χ1n) is 6.21. The predicted molar refractivity (Wildman–Crippen MR) is 62.6 cm³/mol. The number of carbonyl (C=O) groups excluding carboxylic acids is 1.